The molecule has 136 valence electrons. The molecular weight excluding hydrogens is 410 g/mol. The van der Waals surface area contributed by atoms with Crippen LogP contribution in [0.25, 0.3) is 10.9 Å². The summed E-state index contributed by atoms with van der Waals surface area (Å²) in [6.07, 6.45) is 0.534. The van der Waals surface area contributed by atoms with Gasteiger partial charge in [-0.15, -0.1) is 0 Å². The number of H-pyrrole nitrogens is 1. The summed E-state index contributed by atoms with van der Waals surface area (Å²) in [5.74, 6) is 0. The van der Waals surface area contributed by atoms with Crippen LogP contribution in [0.1, 0.15) is 16.8 Å². The Morgan fingerprint density at radius 2 is 1.57 bits per heavy atom. The molecular formula is C24H18BrN3. The summed E-state index contributed by atoms with van der Waals surface area (Å²) in [7, 11) is 0. The minimum absolute atomic E-state index is 0.480. The molecule has 4 rings (SSSR count). The summed E-state index contributed by atoms with van der Waals surface area (Å²) in [6.45, 7) is 0. The fourth-order valence-corrected chi connectivity index (χ4v) is 3.62. The van der Waals surface area contributed by atoms with E-state index in [0.29, 0.717) is 6.42 Å². The highest BCUT2D eigenvalue weighted by Crippen LogP contribution is 2.22. The molecule has 4 aromatic rings. The second kappa shape index (κ2) is 8.24. The highest BCUT2D eigenvalue weighted by atomic mass is 79.9. The Bertz CT molecular complexity index is 1110. The maximum Gasteiger partial charge on any atom is 0.142 e. The summed E-state index contributed by atoms with van der Waals surface area (Å²) >= 11 is 3.50. The molecule has 1 N–H and O–H groups in total. The van der Waals surface area contributed by atoms with Gasteiger partial charge in [0.2, 0.25) is 0 Å². The number of rotatable bonds is 5. The molecule has 1 heterocycles. The van der Waals surface area contributed by atoms with E-state index in [9.17, 15) is 5.26 Å². The number of hydrogen-bond acceptors (Lipinski definition) is 2. The first-order valence-corrected chi connectivity index (χ1v) is 9.87. The predicted octanol–water partition coefficient (Wildman–Crippen LogP) is 5.90. The van der Waals surface area contributed by atoms with Crippen LogP contribution in [0.3, 0.4) is 0 Å². The number of aromatic nitrogens is 1. The van der Waals surface area contributed by atoms with E-state index in [4.69, 9.17) is 4.99 Å². The first-order valence-electron chi connectivity index (χ1n) is 9.08. The van der Waals surface area contributed by atoms with Crippen molar-refractivity contribution in [2.75, 3.05) is 0 Å². The lowest BCUT2D eigenvalue weighted by Crippen LogP contribution is -2.12. The zero-order valence-corrected chi connectivity index (χ0v) is 16.7. The van der Waals surface area contributed by atoms with E-state index in [1.165, 1.54) is 0 Å². The average Bonchev–Trinajstić information content (AvgIpc) is 3.13. The smallest absolute Gasteiger partial charge is 0.142 e. The van der Waals surface area contributed by atoms with E-state index in [2.05, 4.69) is 39.1 Å². The van der Waals surface area contributed by atoms with E-state index in [1.807, 2.05) is 72.8 Å². The minimum atomic E-state index is -0.480. The van der Waals surface area contributed by atoms with Crippen LogP contribution in [0.4, 0.5) is 0 Å². The summed E-state index contributed by atoms with van der Waals surface area (Å²) in [5.41, 5.74) is 4.91. The molecule has 0 fully saturated rings. The summed E-state index contributed by atoms with van der Waals surface area (Å²) in [5, 5.41) is 10.9. The Labute approximate surface area is 172 Å². The summed E-state index contributed by atoms with van der Waals surface area (Å²) < 4.78 is 1.03. The van der Waals surface area contributed by atoms with Gasteiger partial charge < -0.3 is 4.98 Å². The molecule has 0 amide bonds. The van der Waals surface area contributed by atoms with Crippen molar-refractivity contribution in [3.63, 3.8) is 0 Å². The molecule has 28 heavy (non-hydrogen) atoms. The van der Waals surface area contributed by atoms with Gasteiger partial charge in [-0.1, -0.05) is 82.7 Å². The largest absolute Gasteiger partial charge is 0.358 e. The number of hydrogen-bond donors (Lipinski definition) is 1. The maximum atomic E-state index is 9.77. The third-order valence-corrected chi connectivity index (χ3v) is 5.08. The normalized spacial score (nSPS) is 11.7. The molecule has 0 aliphatic carbocycles. The van der Waals surface area contributed by atoms with Crippen molar-refractivity contribution >= 4 is 32.5 Å². The van der Waals surface area contributed by atoms with Gasteiger partial charge in [0.15, 0.2) is 0 Å². The lowest BCUT2D eigenvalue weighted by atomic mass is 10.0. The van der Waals surface area contributed by atoms with Crippen molar-refractivity contribution in [1.29, 1.82) is 5.26 Å². The molecule has 0 aliphatic heterocycles. The van der Waals surface area contributed by atoms with Crippen molar-refractivity contribution in [2.45, 2.75) is 12.5 Å². The highest BCUT2D eigenvalue weighted by molar-refractivity contribution is 9.10. The molecule has 3 nitrogen and oxygen atoms in total. The van der Waals surface area contributed by atoms with Crippen LogP contribution in [0, 0.1) is 11.3 Å². The summed E-state index contributed by atoms with van der Waals surface area (Å²) in [6, 6.07) is 30.1. The second-order valence-corrected chi connectivity index (χ2v) is 7.50. The average molecular weight is 428 g/mol. The van der Waals surface area contributed by atoms with Gasteiger partial charge in [0.1, 0.15) is 6.04 Å². The number of fused-ring (bicyclic) bond motifs is 1. The van der Waals surface area contributed by atoms with Gasteiger partial charge in [-0.05, 0) is 23.6 Å². The van der Waals surface area contributed by atoms with E-state index < -0.39 is 6.04 Å². The Balaban J connectivity index is 1.70. The van der Waals surface area contributed by atoms with E-state index in [-0.39, 0.29) is 0 Å². The number of nitriles is 1. The van der Waals surface area contributed by atoms with Gasteiger partial charge in [0.05, 0.1) is 11.8 Å². The topological polar surface area (TPSA) is 51.9 Å². The van der Waals surface area contributed by atoms with Crippen LogP contribution in [-0.2, 0) is 6.42 Å². The van der Waals surface area contributed by atoms with Gasteiger partial charge in [-0.3, -0.25) is 4.99 Å². The number of nitrogens with zero attached hydrogens (tertiary/aromatic N) is 2. The monoisotopic (exact) mass is 427 g/mol. The van der Waals surface area contributed by atoms with Crippen molar-refractivity contribution in [3.05, 3.63) is 106 Å². The molecule has 0 saturated carbocycles. The fraction of sp³-hybridized carbons (Fsp3) is 0.0833. The van der Waals surface area contributed by atoms with Crippen LogP contribution in [0.5, 0.6) is 0 Å². The number of aliphatic imine (C=N–C) groups is 1. The lowest BCUT2D eigenvalue weighted by Gasteiger charge is -2.10. The van der Waals surface area contributed by atoms with Crippen LogP contribution < -0.4 is 0 Å². The lowest BCUT2D eigenvalue weighted by molar-refractivity contribution is 0.809. The van der Waals surface area contributed by atoms with Crippen molar-refractivity contribution in [2.24, 2.45) is 4.99 Å². The molecule has 4 heteroatoms. The Morgan fingerprint density at radius 3 is 2.18 bits per heavy atom. The van der Waals surface area contributed by atoms with Crippen molar-refractivity contribution in [3.8, 4) is 6.07 Å². The van der Waals surface area contributed by atoms with Crippen LogP contribution in [0.15, 0.2) is 94.4 Å². The van der Waals surface area contributed by atoms with E-state index in [1.54, 1.807) is 0 Å². The Morgan fingerprint density at radius 1 is 0.929 bits per heavy atom. The third-order valence-electron chi connectivity index (χ3n) is 4.58. The Kier molecular flexibility index (Phi) is 5.36. The molecule has 0 saturated heterocycles. The third kappa shape index (κ3) is 4.05. The zero-order chi connectivity index (χ0) is 19.3. The fourth-order valence-electron chi connectivity index (χ4n) is 3.26. The number of aromatic amines is 1. The van der Waals surface area contributed by atoms with E-state index in [0.717, 1.165) is 37.9 Å². The van der Waals surface area contributed by atoms with Crippen LogP contribution >= 0.6 is 15.9 Å². The first-order chi connectivity index (χ1) is 13.7. The molecule has 1 aromatic heterocycles. The number of benzene rings is 3. The van der Waals surface area contributed by atoms with Gasteiger partial charge in [-0.2, -0.15) is 5.26 Å². The van der Waals surface area contributed by atoms with Crippen LogP contribution in [-0.4, -0.2) is 16.7 Å². The molecule has 0 radical (unpaired) electrons. The molecule has 0 aliphatic rings. The Hall–Kier alpha value is -3.16. The van der Waals surface area contributed by atoms with Gasteiger partial charge >= 0.3 is 0 Å². The number of nitrogens with one attached hydrogen (secondary N) is 1. The molecule has 0 spiro atoms. The molecule has 1 unspecified atom stereocenters. The second-order valence-electron chi connectivity index (χ2n) is 6.58. The van der Waals surface area contributed by atoms with E-state index >= 15 is 0 Å². The number of halogens is 1. The predicted molar refractivity (Wildman–Crippen MR) is 118 cm³/mol. The molecule has 3 aromatic carbocycles. The molecule has 1 atom stereocenters. The SMILES string of the molecule is N#CC(Cc1cc2ccc(Br)cc2[nH]1)N=C(c1ccccc1)c1ccccc1. The van der Waals surface area contributed by atoms with Crippen molar-refractivity contribution < 1.29 is 0 Å². The first kappa shape index (κ1) is 18.2. The molecule has 0 bridgehead atoms. The standard InChI is InChI=1S/C24H18BrN3/c25-20-12-11-19-13-21(27-23(19)14-20)15-22(16-26)28-24(17-7-3-1-4-8-17)18-9-5-2-6-10-18/h1-14,22,27H,15H2. The zero-order valence-electron chi connectivity index (χ0n) is 15.1. The minimum Gasteiger partial charge on any atom is -0.358 e. The van der Waals surface area contributed by atoms with Gasteiger partial charge in [-0.25, -0.2) is 0 Å². The van der Waals surface area contributed by atoms with Gasteiger partial charge in [0.25, 0.3) is 0 Å². The quantitative estimate of drug-likeness (QED) is 0.395. The van der Waals surface area contributed by atoms with Crippen LogP contribution in [0.2, 0.25) is 0 Å². The van der Waals surface area contributed by atoms with Crippen molar-refractivity contribution in [1.82, 2.24) is 4.98 Å². The van der Waals surface area contributed by atoms with Gasteiger partial charge in [0, 0.05) is 33.2 Å². The summed E-state index contributed by atoms with van der Waals surface area (Å²) in [4.78, 5) is 8.25. The highest BCUT2D eigenvalue weighted by Gasteiger charge is 2.13. The maximum absolute atomic E-state index is 9.77.